The Labute approximate surface area is 98.5 Å². The van der Waals surface area contributed by atoms with Crippen LogP contribution in [-0.2, 0) is 13.0 Å². The van der Waals surface area contributed by atoms with Gasteiger partial charge in [0.25, 0.3) is 0 Å². The standard InChI is InChI=1S/C13H24N2O/c1-7-11-9(2)14-15(10(11)3)8-12(16)13(4,5)6/h12,16H,7-8H2,1-6H3. The minimum Gasteiger partial charge on any atom is -0.391 e. The molecule has 0 spiro atoms. The zero-order valence-electron chi connectivity index (χ0n) is 11.3. The molecule has 0 saturated carbocycles. The molecule has 92 valence electrons. The number of aliphatic hydroxyl groups excluding tert-OH is 1. The van der Waals surface area contributed by atoms with E-state index < -0.39 is 0 Å². The van der Waals surface area contributed by atoms with Gasteiger partial charge in [-0.1, -0.05) is 27.7 Å². The number of hydrogen-bond donors (Lipinski definition) is 1. The molecule has 0 aliphatic rings. The monoisotopic (exact) mass is 224 g/mol. The first kappa shape index (κ1) is 13.2. The predicted octanol–water partition coefficient (Wildman–Crippen LogP) is 2.47. The quantitative estimate of drug-likeness (QED) is 0.856. The van der Waals surface area contributed by atoms with Crippen LogP contribution in [-0.4, -0.2) is 21.0 Å². The summed E-state index contributed by atoms with van der Waals surface area (Å²) >= 11 is 0. The summed E-state index contributed by atoms with van der Waals surface area (Å²) in [4.78, 5) is 0. The molecule has 0 saturated heterocycles. The Morgan fingerprint density at radius 1 is 1.31 bits per heavy atom. The van der Waals surface area contributed by atoms with E-state index in [9.17, 15) is 5.11 Å². The largest absolute Gasteiger partial charge is 0.391 e. The van der Waals surface area contributed by atoms with Crippen molar-refractivity contribution >= 4 is 0 Å². The van der Waals surface area contributed by atoms with Crippen molar-refractivity contribution in [2.45, 2.75) is 60.6 Å². The molecular formula is C13H24N2O. The summed E-state index contributed by atoms with van der Waals surface area (Å²) in [6, 6.07) is 0. The van der Waals surface area contributed by atoms with E-state index in [-0.39, 0.29) is 11.5 Å². The molecule has 0 aliphatic heterocycles. The summed E-state index contributed by atoms with van der Waals surface area (Å²) in [5.41, 5.74) is 3.48. The van der Waals surface area contributed by atoms with Gasteiger partial charge >= 0.3 is 0 Å². The van der Waals surface area contributed by atoms with Crippen molar-refractivity contribution in [2.24, 2.45) is 5.41 Å². The molecule has 3 heteroatoms. The number of aryl methyl sites for hydroxylation is 1. The highest BCUT2D eigenvalue weighted by Gasteiger charge is 2.23. The van der Waals surface area contributed by atoms with E-state index in [4.69, 9.17) is 0 Å². The lowest BCUT2D eigenvalue weighted by atomic mass is 9.89. The molecule has 3 nitrogen and oxygen atoms in total. The van der Waals surface area contributed by atoms with E-state index in [2.05, 4.69) is 18.9 Å². The summed E-state index contributed by atoms with van der Waals surface area (Å²) < 4.78 is 1.93. The summed E-state index contributed by atoms with van der Waals surface area (Å²) in [6.45, 7) is 13.0. The second kappa shape index (κ2) is 4.58. The fourth-order valence-corrected chi connectivity index (χ4v) is 1.86. The van der Waals surface area contributed by atoms with Crippen LogP contribution in [0, 0.1) is 19.3 Å². The Bertz CT molecular complexity index is 361. The van der Waals surface area contributed by atoms with Crippen molar-refractivity contribution in [1.29, 1.82) is 0 Å². The molecule has 0 radical (unpaired) electrons. The fourth-order valence-electron chi connectivity index (χ4n) is 1.86. The minimum atomic E-state index is -0.366. The van der Waals surface area contributed by atoms with E-state index in [1.807, 2.05) is 32.4 Å². The molecule has 1 aromatic heterocycles. The van der Waals surface area contributed by atoms with Gasteiger partial charge in [-0.25, -0.2) is 0 Å². The molecule has 1 unspecified atom stereocenters. The lowest BCUT2D eigenvalue weighted by molar-refractivity contribution is 0.0445. The number of aliphatic hydroxyl groups is 1. The fraction of sp³-hybridized carbons (Fsp3) is 0.769. The zero-order chi connectivity index (χ0) is 12.5. The van der Waals surface area contributed by atoms with Crippen molar-refractivity contribution in [3.8, 4) is 0 Å². The Kier molecular flexibility index (Phi) is 3.79. The second-order valence-corrected chi connectivity index (χ2v) is 5.57. The van der Waals surface area contributed by atoms with E-state index in [1.54, 1.807) is 0 Å². The van der Waals surface area contributed by atoms with E-state index >= 15 is 0 Å². The van der Waals surface area contributed by atoms with Crippen molar-refractivity contribution in [1.82, 2.24) is 9.78 Å². The Morgan fingerprint density at radius 3 is 2.25 bits per heavy atom. The molecule has 0 amide bonds. The van der Waals surface area contributed by atoms with Crippen LogP contribution in [0.3, 0.4) is 0 Å². The van der Waals surface area contributed by atoms with E-state index in [0.29, 0.717) is 6.54 Å². The lowest BCUT2D eigenvalue weighted by Gasteiger charge is -2.26. The van der Waals surface area contributed by atoms with Gasteiger partial charge in [0.2, 0.25) is 0 Å². The highest BCUT2D eigenvalue weighted by atomic mass is 16.3. The van der Waals surface area contributed by atoms with E-state index in [1.165, 1.54) is 11.3 Å². The molecule has 0 aromatic carbocycles. The third-order valence-corrected chi connectivity index (χ3v) is 3.23. The van der Waals surface area contributed by atoms with Crippen molar-refractivity contribution in [3.63, 3.8) is 0 Å². The first-order chi connectivity index (χ1) is 7.27. The van der Waals surface area contributed by atoms with Crippen LogP contribution in [0.1, 0.15) is 44.6 Å². The van der Waals surface area contributed by atoms with Gasteiger partial charge in [-0.15, -0.1) is 0 Å². The van der Waals surface area contributed by atoms with Gasteiger partial charge in [-0.3, -0.25) is 4.68 Å². The molecule has 1 rings (SSSR count). The maximum Gasteiger partial charge on any atom is 0.0784 e. The molecule has 0 bridgehead atoms. The second-order valence-electron chi connectivity index (χ2n) is 5.57. The molecule has 1 heterocycles. The Balaban J connectivity index is 2.91. The topological polar surface area (TPSA) is 38.0 Å². The first-order valence-corrected chi connectivity index (χ1v) is 5.98. The van der Waals surface area contributed by atoms with Crippen LogP contribution in [0.5, 0.6) is 0 Å². The Morgan fingerprint density at radius 2 is 1.88 bits per heavy atom. The van der Waals surface area contributed by atoms with Gasteiger partial charge in [0.1, 0.15) is 0 Å². The van der Waals surface area contributed by atoms with Crippen LogP contribution in [0.4, 0.5) is 0 Å². The van der Waals surface area contributed by atoms with Crippen LogP contribution >= 0.6 is 0 Å². The van der Waals surface area contributed by atoms with Gasteiger partial charge < -0.3 is 5.11 Å². The van der Waals surface area contributed by atoms with Gasteiger partial charge in [0.05, 0.1) is 18.3 Å². The van der Waals surface area contributed by atoms with Gasteiger partial charge in [0.15, 0.2) is 0 Å². The van der Waals surface area contributed by atoms with Crippen molar-refractivity contribution in [3.05, 3.63) is 17.0 Å². The lowest BCUT2D eigenvalue weighted by Crippen LogP contribution is -2.31. The molecule has 0 fully saturated rings. The molecule has 1 N–H and O–H groups in total. The third kappa shape index (κ3) is 2.64. The van der Waals surface area contributed by atoms with E-state index in [0.717, 1.165) is 12.1 Å². The van der Waals surface area contributed by atoms with Crippen LogP contribution < -0.4 is 0 Å². The van der Waals surface area contributed by atoms with Gasteiger partial charge in [-0.2, -0.15) is 5.10 Å². The Hall–Kier alpha value is -0.830. The number of rotatable bonds is 3. The highest BCUT2D eigenvalue weighted by molar-refractivity contribution is 5.24. The summed E-state index contributed by atoms with van der Waals surface area (Å²) in [5, 5.41) is 14.6. The maximum absolute atomic E-state index is 10.1. The summed E-state index contributed by atoms with van der Waals surface area (Å²) in [5.74, 6) is 0. The number of nitrogens with zero attached hydrogens (tertiary/aromatic N) is 2. The molecule has 16 heavy (non-hydrogen) atoms. The highest BCUT2D eigenvalue weighted by Crippen LogP contribution is 2.22. The number of hydrogen-bond acceptors (Lipinski definition) is 2. The van der Waals surface area contributed by atoms with Crippen molar-refractivity contribution < 1.29 is 5.11 Å². The smallest absolute Gasteiger partial charge is 0.0784 e. The SMILES string of the molecule is CCc1c(C)nn(CC(O)C(C)(C)C)c1C. The summed E-state index contributed by atoms with van der Waals surface area (Å²) in [7, 11) is 0. The van der Waals surface area contributed by atoms with Crippen molar-refractivity contribution in [2.75, 3.05) is 0 Å². The molecule has 1 atom stereocenters. The first-order valence-electron chi connectivity index (χ1n) is 5.98. The van der Waals surface area contributed by atoms with Gasteiger partial charge in [-0.05, 0) is 31.2 Å². The van der Waals surface area contributed by atoms with Crippen LogP contribution in [0.25, 0.3) is 0 Å². The zero-order valence-corrected chi connectivity index (χ0v) is 11.3. The molecular weight excluding hydrogens is 200 g/mol. The van der Waals surface area contributed by atoms with Crippen LogP contribution in [0.15, 0.2) is 0 Å². The third-order valence-electron chi connectivity index (χ3n) is 3.23. The molecule has 0 aliphatic carbocycles. The maximum atomic E-state index is 10.1. The minimum absolute atomic E-state index is 0.0985. The predicted molar refractivity (Wildman–Crippen MR) is 66.5 cm³/mol. The summed E-state index contributed by atoms with van der Waals surface area (Å²) in [6.07, 6.45) is 0.638. The van der Waals surface area contributed by atoms with Gasteiger partial charge in [0, 0.05) is 5.69 Å². The average Bonchev–Trinajstić information content (AvgIpc) is 2.40. The molecule has 1 aromatic rings. The van der Waals surface area contributed by atoms with Crippen LogP contribution in [0.2, 0.25) is 0 Å². The normalized spacial score (nSPS) is 14.2. The average molecular weight is 224 g/mol. The number of aromatic nitrogens is 2.